The molecule has 1 aliphatic rings. The van der Waals surface area contributed by atoms with Crippen LogP contribution in [0.5, 0.6) is 5.75 Å². The normalized spacial score (nSPS) is 16.6. The van der Waals surface area contributed by atoms with Crippen LogP contribution >= 0.6 is 0 Å². The highest BCUT2D eigenvalue weighted by Gasteiger charge is 2.32. The molecule has 5 nitrogen and oxygen atoms in total. The lowest BCUT2D eigenvalue weighted by Gasteiger charge is -2.29. The van der Waals surface area contributed by atoms with E-state index < -0.39 is 5.60 Å². The quantitative estimate of drug-likeness (QED) is 0.805. The van der Waals surface area contributed by atoms with Gasteiger partial charge in [-0.2, -0.15) is 0 Å². The molecular formula is C16H17N3O2. The van der Waals surface area contributed by atoms with Crippen molar-refractivity contribution >= 4 is 5.91 Å². The van der Waals surface area contributed by atoms with E-state index in [1.165, 1.54) is 6.33 Å². The summed E-state index contributed by atoms with van der Waals surface area (Å²) in [5, 5.41) is 0. The van der Waals surface area contributed by atoms with E-state index in [1.807, 2.05) is 38.1 Å². The maximum atomic E-state index is 12.6. The molecule has 21 heavy (non-hydrogen) atoms. The molecule has 0 spiro atoms. The molecule has 0 saturated carbocycles. The fourth-order valence-corrected chi connectivity index (χ4v) is 2.51. The van der Waals surface area contributed by atoms with Gasteiger partial charge in [0.05, 0.1) is 6.54 Å². The number of ether oxygens (including phenoxy) is 1. The van der Waals surface area contributed by atoms with Gasteiger partial charge in [-0.1, -0.05) is 18.2 Å². The summed E-state index contributed by atoms with van der Waals surface area (Å²) in [5.74, 6) is 0.728. The summed E-state index contributed by atoms with van der Waals surface area (Å²) in [6.07, 6.45) is 2.97. The van der Waals surface area contributed by atoms with Crippen molar-refractivity contribution in [3.63, 3.8) is 0 Å². The highest BCUT2D eigenvalue weighted by atomic mass is 16.5. The highest BCUT2D eigenvalue weighted by molar-refractivity contribution is 5.92. The molecule has 1 aromatic heterocycles. The van der Waals surface area contributed by atoms with Gasteiger partial charge in [0.2, 0.25) is 0 Å². The molecule has 1 aromatic carbocycles. The summed E-state index contributed by atoms with van der Waals surface area (Å²) >= 11 is 0. The minimum absolute atomic E-state index is 0.106. The number of aromatic nitrogens is 2. The second-order valence-electron chi connectivity index (χ2n) is 5.73. The topological polar surface area (TPSA) is 55.3 Å². The number of carbonyl (C=O) groups is 1. The van der Waals surface area contributed by atoms with Gasteiger partial charge in [-0.25, -0.2) is 9.97 Å². The Hall–Kier alpha value is -2.43. The van der Waals surface area contributed by atoms with Crippen LogP contribution in [0, 0.1) is 0 Å². The third-order valence-corrected chi connectivity index (χ3v) is 3.38. The lowest BCUT2D eigenvalue weighted by atomic mass is 10.1. The van der Waals surface area contributed by atoms with Gasteiger partial charge >= 0.3 is 0 Å². The smallest absolute Gasteiger partial charge is 0.273 e. The number of fused-ring (bicyclic) bond motifs is 1. The third-order valence-electron chi connectivity index (χ3n) is 3.38. The largest absolute Gasteiger partial charge is 0.486 e. The minimum atomic E-state index is -0.449. The van der Waals surface area contributed by atoms with Crippen molar-refractivity contribution in [1.29, 1.82) is 0 Å². The minimum Gasteiger partial charge on any atom is -0.486 e. The number of carbonyl (C=O) groups excluding carboxylic acids is 1. The number of rotatable bonds is 1. The van der Waals surface area contributed by atoms with Gasteiger partial charge in [-0.15, -0.1) is 0 Å². The van der Waals surface area contributed by atoms with Crippen molar-refractivity contribution in [3.8, 4) is 5.75 Å². The molecule has 2 heterocycles. The Morgan fingerprint density at radius 3 is 2.86 bits per heavy atom. The van der Waals surface area contributed by atoms with Crippen molar-refractivity contribution in [3.05, 3.63) is 54.1 Å². The molecule has 0 bridgehead atoms. The molecule has 0 atom stereocenters. The molecule has 0 saturated heterocycles. The molecule has 1 amide bonds. The average Bonchev–Trinajstić information content (AvgIpc) is 2.61. The van der Waals surface area contributed by atoms with Crippen LogP contribution in [-0.2, 0) is 6.54 Å². The molecule has 2 aromatic rings. The first-order chi connectivity index (χ1) is 10.1. The van der Waals surface area contributed by atoms with Crippen LogP contribution in [0.4, 0.5) is 0 Å². The number of hydrogen-bond donors (Lipinski definition) is 0. The zero-order valence-corrected chi connectivity index (χ0v) is 12.1. The average molecular weight is 283 g/mol. The van der Waals surface area contributed by atoms with Crippen LogP contribution in [0.15, 0.2) is 42.9 Å². The number of hydrogen-bond acceptors (Lipinski definition) is 4. The molecule has 0 aliphatic carbocycles. The van der Waals surface area contributed by atoms with Gasteiger partial charge in [0.15, 0.2) is 0 Å². The van der Waals surface area contributed by atoms with Crippen molar-refractivity contribution in [2.45, 2.75) is 26.0 Å². The van der Waals surface area contributed by atoms with E-state index in [9.17, 15) is 4.79 Å². The molecule has 0 fully saturated rings. The van der Waals surface area contributed by atoms with Gasteiger partial charge in [0.1, 0.15) is 23.4 Å². The van der Waals surface area contributed by atoms with E-state index in [1.54, 1.807) is 17.2 Å². The zero-order valence-electron chi connectivity index (χ0n) is 12.1. The summed E-state index contributed by atoms with van der Waals surface area (Å²) in [5.41, 5.74) is 0.959. The molecule has 0 radical (unpaired) electrons. The van der Waals surface area contributed by atoms with Crippen LogP contribution in [0.3, 0.4) is 0 Å². The lowest BCUT2D eigenvalue weighted by Crippen LogP contribution is -2.43. The van der Waals surface area contributed by atoms with Crippen molar-refractivity contribution in [2.24, 2.45) is 0 Å². The second kappa shape index (κ2) is 5.16. The van der Waals surface area contributed by atoms with E-state index in [0.29, 0.717) is 18.8 Å². The molecular weight excluding hydrogens is 266 g/mol. The number of nitrogens with zero attached hydrogens (tertiary/aromatic N) is 3. The summed E-state index contributed by atoms with van der Waals surface area (Å²) in [6, 6.07) is 9.45. The van der Waals surface area contributed by atoms with Crippen LogP contribution in [-0.4, -0.2) is 32.9 Å². The first-order valence-corrected chi connectivity index (χ1v) is 6.87. The SMILES string of the molecule is CC1(C)CN(C(=O)c2ccncn2)Cc2ccccc2O1. The molecule has 108 valence electrons. The van der Waals surface area contributed by atoms with Gasteiger partial charge in [-0.05, 0) is 26.0 Å². The number of para-hydroxylation sites is 1. The second-order valence-corrected chi connectivity index (χ2v) is 5.73. The lowest BCUT2D eigenvalue weighted by molar-refractivity contribution is 0.0496. The number of benzene rings is 1. The van der Waals surface area contributed by atoms with Crippen LogP contribution < -0.4 is 4.74 Å². The summed E-state index contributed by atoms with van der Waals surface area (Å²) < 4.78 is 6.03. The maximum Gasteiger partial charge on any atom is 0.273 e. The summed E-state index contributed by atoms with van der Waals surface area (Å²) in [4.78, 5) is 22.3. The van der Waals surface area contributed by atoms with Crippen LogP contribution in [0.2, 0.25) is 0 Å². The Morgan fingerprint density at radius 2 is 2.10 bits per heavy atom. The van der Waals surface area contributed by atoms with Crippen molar-refractivity contribution in [1.82, 2.24) is 14.9 Å². The van der Waals surface area contributed by atoms with E-state index in [2.05, 4.69) is 9.97 Å². The molecule has 0 unspecified atom stereocenters. The Kier molecular flexibility index (Phi) is 3.33. The van der Waals surface area contributed by atoms with Crippen molar-refractivity contribution in [2.75, 3.05) is 6.54 Å². The predicted molar refractivity (Wildman–Crippen MR) is 77.9 cm³/mol. The molecule has 0 N–H and O–H groups in total. The Labute approximate surface area is 123 Å². The van der Waals surface area contributed by atoms with Crippen molar-refractivity contribution < 1.29 is 9.53 Å². The van der Waals surface area contributed by atoms with Gasteiger partial charge < -0.3 is 9.64 Å². The number of amides is 1. The third kappa shape index (κ3) is 2.86. The first-order valence-electron chi connectivity index (χ1n) is 6.87. The van der Waals surface area contributed by atoms with Gasteiger partial charge in [0, 0.05) is 18.3 Å². The van der Waals surface area contributed by atoms with Gasteiger partial charge in [0.25, 0.3) is 5.91 Å². The fourth-order valence-electron chi connectivity index (χ4n) is 2.51. The Morgan fingerprint density at radius 1 is 1.29 bits per heavy atom. The zero-order chi connectivity index (χ0) is 14.9. The summed E-state index contributed by atoms with van der Waals surface area (Å²) in [6.45, 7) is 4.98. The Balaban J connectivity index is 1.94. The van der Waals surface area contributed by atoms with Gasteiger partial charge in [-0.3, -0.25) is 4.79 Å². The monoisotopic (exact) mass is 283 g/mol. The first kappa shape index (κ1) is 13.5. The highest BCUT2D eigenvalue weighted by Crippen LogP contribution is 2.29. The van der Waals surface area contributed by atoms with Crippen LogP contribution in [0.1, 0.15) is 29.9 Å². The van der Waals surface area contributed by atoms with E-state index in [0.717, 1.165) is 11.3 Å². The Bertz CT molecular complexity index is 656. The van der Waals surface area contributed by atoms with E-state index in [-0.39, 0.29) is 5.91 Å². The molecule has 3 rings (SSSR count). The summed E-state index contributed by atoms with van der Waals surface area (Å²) in [7, 11) is 0. The fraction of sp³-hybridized carbons (Fsp3) is 0.312. The predicted octanol–water partition coefficient (Wildman–Crippen LogP) is 2.29. The van der Waals surface area contributed by atoms with E-state index >= 15 is 0 Å². The van der Waals surface area contributed by atoms with E-state index in [4.69, 9.17) is 4.74 Å². The standard InChI is InChI=1S/C16H17N3O2/c1-16(2)10-19(15(20)13-7-8-17-11-18-13)9-12-5-3-4-6-14(12)21-16/h3-8,11H,9-10H2,1-2H3. The van der Waals surface area contributed by atoms with Crippen LogP contribution in [0.25, 0.3) is 0 Å². The molecule has 5 heteroatoms. The molecule has 1 aliphatic heterocycles. The maximum absolute atomic E-state index is 12.6.